The van der Waals surface area contributed by atoms with Gasteiger partial charge in [-0.15, -0.1) is 5.10 Å². The van der Waals surface area contributed by atoms with Gasteiger partial charge >= 0.3 is 0 Å². The Morgan fingerprint density at radius 2 is 2.18 bits per heavy atom. The van der Waals surface area contributed by atoms with Gasteiger partial charge in [-0.3, -0.25) is 9.36 Å². The topological polar surface area (TPSA) is 60.7 Å². The van der Waals surface area contributed by atoms with E-state index in [0.29, 0.717) is 12.4 Å². The van der Waals surface area contributed by atoms with Crippen LogP contribution in [0.15, 0.2) is 18.5 Å². The normalized spacial score (nSPS) is 14.8. The molecule has 0 atom stereocenters. The van der Waals surface area contributed by atoms with Crippen molar-refractivity contribution >= 4 is 5.78 Å². The molecule has 0 bridgehead atoms. The smallest absolute Gasteiger partial charge is 0.253 e. The molecule has 3 rings (SSSR count). The quantitative estimate of drug-likeness (QED) is 0.742. The van der Waals surface area contributed by atoms with E-state index in [1.165, 1.54) is 0 Å². The van der Waals surface area contributed by atoms with Crippen molar-refractivity contribution in [3.05, 3.63) is 35.4 Å². The van der Waals surface area contributed by atoms with Gasteiger partial charge in [-0.2, -0.15) is 5.10 Å². The Bertz CT molecular complexity index is 574. The number of aromatic nitrogens is 4. The summed E-state index contributed by atoms with van der Waals surface area (Å²) in [6, 6.07) is 1.92. The predicted octanol–water partition coefficient (Wildman–Crippen LogP) is 1.49. The molecule has 1 aliphatic carbocycles. The monoisotopic (exact) mass is 228 g/mol. The molecule has 0 amide bonds. The molecule has 17 heavy (non-hydrogen) atoms. The lowest BCUT2D eigenvalue weighted by Crippen LogP contribution is -2.14. The van der Waals surface area contributed by atoms with E-state index in [0.717, 1.165) is 29.8 Å². The Kier molecular flexibility index (Phi) is 2.24. The highest BCUT2D eigenvalue weighted by molar-refractivity contribution is 5.98. The van der Waals surface area contributed by atoms with Crippen LogP contribution in [0, 0.1) is 6.92 Å². The first-order chi connectivity index (χ1) is 8.27. The molecule has 1 aliphatic rings. The number of carbonyl (C=O) groups is 1. The molecule has 0 fully saturated rings. The minimum Gasteiger partial charge on any atom is -0.294 e. The molecule has 0 aliphatic heterocycles. The molecule has 0 radical (unpaired) electrons. The van der Waals surface area contributed by atoms with Gasteiger partial charge in [0.25, 0.3) is 5.95 Å². The molecule has 0 N–H and O–H groups in total. The summed E-state index contributed by atoms with van der Waals surface area (Å²) in [5.41, 5.74) is 2.83. The Hall–Kier alpha value is -2.04. The highest BCUT2D eigenvalue weighted by Gasteiger charge is 2.23. The summed E-state index contributed by atoms with van der Waals surface area (Å²) in [6.45, 7) is 1.96. The van der Waals surface area contributed by atoms with Crippen molar-refractivity contribution in [1.29, 1.82) is 0 Å². The van der Waals surface area contributed by atoms with Crippen molar-refractivity contribution in [3.63, 3.8) is 0 Å². The van der Waals surface area contributed by atoms with Gasteiger partial charge in [0.05, 0.1) is 12.4 Å². The second kappa shape index (κ2) is 3.76. The fraction of sp³-hybridized carbons (Fsp3) is 0.333. The summed E-state index contributed by atoms with van der Waals surface area (Å²) in [5, 5.41) is 7.84. The standard InChI is InChI=1S/C12H12N4O/c1-8-7-9-10(3-2-4-11(9)17)16(8)12-13-5-6-14-15-12/h5-7H,2-4H2,1H3. The first-order valence-electron chi connectivity index (χ1n) is 5.66. The summed E-state index contributed by atoms with van der Waals surface area (Å²) in [4.78, 5) is 16.0. The summed E-state index contributed by atoms with van der Waals surface area (Å²) < 4.78 is 1.93. The third kappa shape index (κ3) is 1.54. The number of nitrogens with zero attached hydrogens (tertiary/aromatic N) is 4. The molecule has 2 heterocycles. The maximum Gasteiger partial charge on any atom is 0.253 e. The fourth-order valence-electron chi connectivity index (χ4n) is 2.35. The summed E-state index contributed by atoms with van der Waals surface area (Å²) in [5.74, 6) is 0.762. The minimum absolute atomic E-state index is 0.219. The van der Waals surface area contributed by atoms with Crippen LogP contribution in [0.5, 0.6) is 0 Å². The zero-order valence-corrected chi connectivity index (χ0v) is 9.55. The van der Waals surface area contributed by atoms with Crippen molar-refractivity contribution in [3.8, 4) is 5.95 Å². The number of rotatable bonds is 1. The highest BCUT2D eigenvalue weighted by Crippen LogP contribution is 2.26. The number of aryl methyl sites for hydroxylation is 1. The first-order valence-corrected chi connectivity index (χ1v) is 5.66. The third-order valence-corrected chi connectivity index (χ3v) is 3.08. The van der Waals surface area contributed by atoms with Gasteiger partial charge in [0.1, 0.15) is 0 Å². The van der Waals surface area contributed by atoms with Crippen molar-refractivity contribution < 1.29 is 4.79 Å². The Balaban J connectivity index is 2.21. The Labute approximate surface area is 98.5 Å². The van der Waals surface area contributed by atoms with Crippen LogP contribution >= 0.6 is 0 Å². The molecule has 5 nitrogen and oxygen atoms in total. The molecule has 2 aromatic heterocycles. The summed E-state index contributed by atoms with van der Waals surface area (Å²) >= 11 is 0. The van der Waals surface area contributed by atoms with E-state index in [-0.39, 0.29) is 5.78 Å². The van der Waals surface area contributed by atoms with E-state index in [1.54, 1.807) is 12.4 Å². The van der Waals surface area contributed by atoms with Gasteiger partial charge in [-0.25, -0.2) is 4.98 Å². The van der Waals surface area contributed by atoms with Crippen molar-refractivity contribution in [2.45, 2.75) is 26.2 Å². The first kappa shape index (κ1) is 10.1. The zero-order chi connectivity index (χ0) is 11.8. The van der Waals surface area contributed by atoms with Crippen LogP contribution in [0.3, 0.4) is 0 Å². The second-order valence-electron chi connectivity index (χ2n) is 4.20. The molecule has 0 spiro atoms. The van der Waals surface area contributed by atoms with Gasteiger partial charge in [0.15, 0.2) is 5.78 Å². The van der Waals surface area contributed by atoms with E-state index >= 15 is 0 Å². The van der Waals surface area contributed by atoms with E-state index in [9.17, 15) is 4.79 Å². The lowest BCUT2D eigenvalue weighted by molar-refractivity contribution is 0.0972. The molecule has 86 valence electrons. The maximum absolute atomic E-state index is 11.8. The van der Waals surface area contributed by atoms with E-state index in [1.807, 2.05) is 17.6 Å². The Morgan fingerprint density at radius 3 is 2.94 bits per heavy atom. The van der Waals surface area contributed by atoms with Crippen LogP contribution < -0.4 is 0 Å². The number of hydrogen-bond acceptors (Lipinski definition) is 4. The number of Topliss-reactive ketones (excluding diaryl/α,β-unsaturated/α-hetero) is 1. The van der Waals surface area contributed by atoms with E-state index in [2.05, 4.69) is 15.2 Å². The van der Waals surface area contributed by atoms with Gasteiger partial charge in [0, 0.05) is 23.4 Å². The number of carbonyl (C=O) groups excluding carboxylic acids is 1. The van der Waals surface area contributed by atoms with Crippen molar-refractivity contribution in [1.82, 2.24) is 19.7 Å². The van der Waals surface area contributed by atoms with Crippen LogP contribution in [0.1, 0.15) is 34.6 Å². The summed E-state index contributed by atoms with van der Waals surface area (Å²) in [6.07, 6.45) is 5.59. The van der Waals surface area contributed by atoms with Crippen molar-refractivity contribution in [2.75, 3.05) is 0 Å². The molecule has 2 aromatic rings. The lowest BCUT2D eigenvalue weighted by Gasteiger charge is -2.13. The maximum atomic E-state index is 11.8. The van der Waals surface area contributed by atoms with Crippen LogP contribution in [0.4, 0.5) is 0 Å². The Morgan fingerprint density at radius 1 is 1.29 bits per heavy atom. The SMILES string of the molecule is Cc1cc2c(n1-c1nccnn1)CCCC2=O. The molecular weight excluding hydrogens is 216 g/mol. The molecule has 0 saturated heterocycles. The minimum atomic E-state index is 0.219. The average Bonchev–Trinajstić information content (AvgIpc) is 2.68. The molecule has 0 aromatic carbocycles. The van der Waals surface area contributed by atoms with E-state index in [4.69, 9.17) is 0 Å². The summed E-state index contributed by atoms with van der Waals surface area (Å²) in [7, 11) is 0. The van der Waals surface area contributed by atoms with Crippen LogP contribution in [-0.4, -0.2) is 25.5 Å². The lowest BCUT2D eigenvalue weighted by atomic mass is 9.97. The fourth-order valence-corrected chi connectivity index (χ4v) is 2.35. The van der Waals surface area contributed by atoms with Gasteiger partial charge < -0.3 is 0 Å². The van der Waals surface area contributed by atoms with E-state index < -0.39 is 0 Å². The average molecular weight is 228 g/mol. The molecular formula is C12H12N4O. The van der Waals surface area contributed by atoms with Gasteiger partial charge in [-0.05, 0) is 25.8 Å². The number of fused-ring (bicyclic) bond motifs is 1. The molecule has 0 saturated carbocycles. The highest BCUT2D eigenvalue weighted by atomic mass is 16.1. The van der Waals surface area contributed by atoms with Crippen molar-refractivity contribution in [2.24, 2.45) is 0 Å². The predicted molar refractivity (Wildman–Crippen MR) is 61.2 cm³/mol. The van der Waals surface area contributed by atoms with Gasteiger partial charge in [0.2, 0.25) is 0 Å². The number of hydrogen-bond donors (Lipinski definition) is 0. The van der Waals surface area contributed by atoms with Gasteiger partial charge in [-0.1, -0.05) is 0 Å². The second-order valence-corrected chi connectivity index (χ2v) is 4.20. The number of ketones is 1. The molecule has 5 heteroatoms. The van der Waals surface area contributed by atoms with Crippen LogP contribution in [0.25, 0.3) is 5.95 Å². The largest absolute Gasteiger partial charge is 0.294 e. The molecule has 0 unspecified atom stereocenters. The van der Waals surface area contributed by atoms with Crippen LogP contribution in [0.2, 0.25) is 0 Å². The zero-order valence-electron chi connectivity index (χ0n) is 9.55. The van der Waals surface area contributed by atoms with Crippen LogP contribution in [-0.2, 0) is 6.42 Å². The third-order valence-electron chi connectivity index (χ3n) is 3.08.